The summed E-state index contributed by atoms with van der Waals surface area (Å²) in [6.45, 7) is -4.70. The molecule has 0 aromatic rings. The van der Waals surface area contributed by atoms with Gasteiger partial charge >= 0.3 is 29.8 Å². The molecule has 0 heterocycles. The maximum Gasteiger partial charge on any atom is 0.328 e. The van der Waals surface area contributed by atoms with Crippen LogP contribution in [0.2, 0.25) is 0 Å². The number of amides is 7. The highest BCUT2D eigenvalue weighted by atomic mass is 16.4. The molecule has 0 fully saturated rings. The predicted molar refractivity (Wildman–Crippen MR) is 195 cm³/mol. The van der Waals surface area contributed by atoms with Crippen LogP contribution in [-0.4, -0.2) is 192 Å². The monoisotopic (exact) mass is 882 g/mol. The third kappa shape index (κ3) is 21.3. The van der Waals surface area contributed by atoms with Gasteiger partial charge in [-0.1, -0.05) is 0 Å². The first-order chi connectivity index (χ1) is 28.5. The Bertz CT molecular complexity index is 1610. The molecule has 0 saturated carbocycles. The van der Waals surface area contributed by atoms with Gasteiger partial charge in [-0.15, -0.1) is 0 Å². The van der Waals surface area contributed by atoms with E-state index in [0.717, 1.165) is 0 Å². The van der Waals surface area contributed by atoms with Gasteiger partial charge in [0, 0.05) is 25.7 Å². The second-order valence-corrected chi connectivity index (χ2v) is 12.8. The number of carbonyl (C=O) groups is 12. The first-order valence-electron chi connectivity index (χ1n) is 17.9. The SMILES string of the molecule is N[C@@H](CCC(=O)O)C(=O)N[C@@H](CO)C(=O)N[C@@H](CCC(=O)O)C(=O)N[C@@H](CO)C(=O)N[C@@H](CCC(=O)O)C(=O)N[C@@H](CO)C(=O)N[C@@H](CCC(=O)O)C(=O)N[C@@H](CO)C(=O)O. The van der Waals surface area contributed by atoms with E-state index < -0.39 is 191 Å². The number of aliphatic hydroxyl groups is 4. The van der Waals surface area contributed by atoms with Crippen molar-refractivity contribution in [1.29, 1.82) is 0 Å². The average molecular weight is 883 g/mol. The van der Waals surface area contributed by atoms with Crippen LogP contribution in [0.15, 0.2) is 0 Å². The summed E-state index contributed by atoms with van der Waals surface area (Å²) in [5, 5.41) is 97.8. The van der Waals surface area contributed by atoms with Gasteiger partial charge in [0.15, 0.2) is 0 Å². The van der Waals surface area contributed by atoms with Gasteiger partial charge < -0.3 is 88.9 Å². The number of rotatable bonds is 31. The van der Waals surface area contributed by atoms with Crippen molar-refractivity contribution in [2.24, 2.45) is 5.73 Å². The normalized spacial score (nSPS) is 14.7. The van der Waals surface area contributed by atoms with Gasteiger partial charge in [0.05, 0.1) is 32.5 Å². The Kier molecular flexibility index (Phi) is 25.0. The number of carboxylic acids is 5. The zero-order valence-electron chi connectivity index (χ0n) is 32.1. The summed E-state index contributed by atoms with van der Waals surface area (Å²) in [6, 6.07) is -14.8. The molecule has 18 N–H and O–H groups in total. The molecular formula is C32H50N8O21. The number of nitrogens with two attached hydrogens (primary N) is 1. The summed E-state index contributed by atoms with van der Waals surface area (Å²) in [6.07, 6.45) is -5.39. The molecule has 0 rings (SSSR count). The lowest BCUT2D eigenvalue weighted by atomic mass is 10.1. The van der Waals surface area contributed by atoms with Crippen LogP contribution in [0, 0.1) is 0 Å². The van der Waals surface area contributed by atoms with E-state index in [2.05, 4.69) is 0 Å². The first-order valence-corrected chi connectivity index (χ1v) is 17.9. The molecule has 0 saturated heterocycles. The summed E-state index contributed by atoms with van der Waals surface area (Å²) in [7, 11) is 0. The number of hydrogen-bond acceptors (Lipinski definition) is 17. The van der Waals surface area contributed by atoms with Crippen LogP contribution < -0.4 is 43.0 Å². The van der Waals surface area contributed by atoms with Gasteiger partial charge in [-0.05, 0) is 25.7 Å². The molecule has 344 valence electrons. The number of nitrogens with one attached hydrogen (secondary N) is 7. The molecule has 0 aliphatic rings. The number of aliphatic hydroxyl groups excluding tert-OH is 4. The van der Waals surface area contributed by atoms with Crippen LogP contribution in [0.5, 0.6) is 0 Å². The van der Waals surface area contributed by atoms with E-state index in [1.165, 1.54) is 0 Å². The summed E-state index contributed by atoms with van der Waals surface area (Å²) >= 11 is 0. The Morgan fingerprint density at radius 2 is 0.541 bits per heavy atom. The third-order valence-corrected chi connectivity index (χ3v) is 8.09. The van der Waals surface area contributed by atoms with Gasteiger partial charge in [0.2, 0.25) is 41.4 Å². The Morgan fingerprint density at radius 3 is 0.787 bits per heavy atom. The second-order valence-electron chi connectivity index (χ2n) is 12.8. The highest BCUT2D eigenvalue weighted by Crippen LogP contribution is 2.06. The van der Waals surface area contributed by atoms with Gasteiger partial charge in [-0.2, -0.15) is 0 Å². The van der Waals surface area contributed by atoms with Crippen LogP contribution in [0.3, 0.4) is 0 Å². The van der Waals surface area contributed by atoms with Crippen molar-refractivity contribution >= 4 is 71.2 Å². The molecule has 7 amide bonds. The molecule has 0 aliphatic heterocycles. The second kappa shape index (κ2) is 28.0. The van der Waals surface area contributed by atoms with Crippen LogP contribution >= 0.6 is 0 Å². The molecule has 29 heteroatoms. The quantitative estimate of drug-likeness (QED) is 0.0307. The van der Waals surface area contributed by atoms with Crippen molar-refractivity contribution in [3.05, 3.63) is 0 Å². The number of aliphatic carboxylic acids is 5. The topological polar surface area (TPSA) is 497 Å². The van der Waals surface area contributed by atoms with E-state index in [1.54, 1.807) is 0 Å². The molecule has 0 aliphatic carbocycles. The minimum atomic E-state index is -2.03. The van der Waals surface area contributed by atoms with E-state index in [9.17, 15) is 83.1 Å². The largest absolute Gasteiger partial charge is 0.481 e. The Morgan fingerprint density at radius 1 is 0.328 bits per heavy atom. The van der Waals surface area contributed by atoms with Crippen LogP contribution in [0.4, 0.5) is 0 Å². The van der Waals surface area contributed by atoms with Crippen molar-refractivity contribution < 1.29 is 103 Å². The molecule has 29 nitrogen and oxygen atoms in total. The summed E-state index contributed by atoms with van der Waals surface area (Å²) < 4.78 is 0. The molecule has 8 atom stereocenters. The molecule has 0 aromatic heterocycles. The van der Waals surface area contributed by atoms with Crippen LogP contribution in [-0.2, 0) is 57.5 Å². The Balaban J connectivity index is 6.15. The fraction of sp³-hybridized carbons (Fsp3) is 0.625. The van der Waals surface area contributed by atoms with E-state index in [-0.39, 0.29) is 6.42 Å². The van der Waals surface area contributed by atoms with Gasteiger partial charge in [-0.25, -0.2) is 4.79 Å². The Hall–Kier alpha value is -6.56. The van der Waals surface area contributed by atoms with E-state index in [4.69, 9.17) is 26.2 Å². The van der Waals surface area contributed by atoms with Crippen LogP contribution in [0.25, 0.3) is 0 Å². The zero-order valence-corrected chi connectivity index (χ0v) is 32.1. The Labute approximate surface area is 343 Å². The molecule has 0 bridgehead atoms. The highest BCUT2D eigenvalue weighted by molar-refractivity contribution is 5.98. The summed E-state index contributed by atoms with van der Waals surface area (Å²) in [4.78, 5) is 146. The predicted octanol–water partition coefficient (Wildman–Crippen LogP) is -8.78. The summed E-state index contributed by atoms with van der Waals surface area (Å²) in [5.41, 5.74) is 5.58. The number of carboxylic acid groups (broad SMARTS) is 5. The smallest absolute Gasteiger partial charge is 0.328 e. The number of carbonyl (C=O) groups excluding carboxylic acids is 7. The molecule has 0 spiro atoms. The van der Waals surface area contributed by atoms with Crippen molar-refractivity contribution in [3.63, 3.8) is 0 Å². The van der Waals surface area contributed by atoms with E-state index in [0.29, 0.717) is 0 Å². The van der Waals surface area contributed by atoms with Gasteiger partial charge in [0.1, 0.15) is 42.3 Å². The lowest BCUT2D eigenvalue weighted by Crippen LogP contribution is -2.61. The standard InChI is InChI=1S/C32H50N8O21/c33-13(1-5-21(45)46)25(53)37-17(9-41)29(57)34-14(2-6-22(47)48)26(54)38-18(10-42)30(58)35-15(3-7-23(49)50)27(55)39-19(11-43)31(59)36-16(4-8-24(51)52)28(56)40-20(12-44)32(60)61/h13-20,41-44H,1-12,33H2,(H,34,57)(H,35,58)(H,36,59)(H,37,53)(H,38,54)(H,39,55)(H,40,56)(H,45,46)(H,47,48)(H,49,50)(H,51,52)(H,60,61)/t13-,14-,15-,16-,17-,18-,19-,20-/m0/s1. The molecule has 0 unspecified atom stereocenters. The van der Waals surface area contributed by atoms with Crippen molar-refractivity contribution in [2.75, 3.05) is 26.4 Å². The average Bonchev–Trinajstić information content (AvgIpc) is 3.19. The maximum absolute atomic E-state index is 13.3. The molecular weight excluding hydrogens is 832 g/mol. The van der Waals surface area contributed by atoms with Crippen LogP contribution in [0.1, 0.15) is 51.4 Å². The van der Waals surface area contributed by atoms with Crippen molar-refractivity contribution in [1.82, 2.24) is 37.2 Å². The minimum absolute atomic E-state index is 0.368. The first kappa shape index (κ1) is 54.4. The maximum atomic E-state index is 13.3. The van der Waals surface area contributed by atoms with Crippen molar-refractivity contribution in [2.45, 2.75) is 99.7 Å². The van der Waals surface area contributed by atoms with E-state index >= 15 is 0 Å². The van der Waals surface area contributed by atoms with Crippen molar-refractivity contribution in [3.8, 4) is 0 Å². The lowest BCUT2D eigenvalue weighted by Gasteiger charge is -2.26. The number of hydrogen-bond donors (Lipinski definition) is 17. The van der Waals surface area contributed by atoms with E-state index in [1.807, 2.05) is 37.2 Å². The zero-order chi connectivity index (χ0) is 47.0. The fourth-order valence-corrected chi connectivity index (χ4v) is 4.70. The molecule has 61 heavy (non-hydrogen) atoms. The lowest BCUT2D eigenvalue weighted by molar-refractivity contribution is -0.144. The third-order valence-electron chi connectivity index (χ3n) is 8.09. The fourth-order valence-electron chi connectivity index (χ4n) is 4.70. The molecule has 0 aromatic carbocycles. The van der Waals surface area contributed by atoms with Gasteiger partial charge in [-0.3, -0.25) is 52.7 Å². The molecule has 0 radical (unpaired) electrons. The minimum Gasteiger partial charge on any atom is -0.481 e. The summed E-state index contributed by atoms with van der Waals surface area (Å²) in [5.74, 6) is -16.6. The van der Waals surface area contributed by atoms with Gasteiger partial charge in [0.25, 0.3) is 0 Å². The highest BCUT2D eigenvalue weighted by Gasteiger charge is 2.34.